The molecule has 7 nitrogen and oxygen atoms in total. The lowest BCUT2D eigenvalue weighted by Crippen LogP contribution is -2.33. The van der Waals surface area contributed by atoms with Gasteiger partial charge in [-0.3, -0.25) is 4.90 Å². The molecule has 2 aliphatic rings. The third kappa shape index (κ3) is 3.54. The second kappa shape index (κ2) is 7.60. The molecular weight excluding hydrogens is 363 g/mol. The van der Waals surface area contributed by atoms with Crippen molar-refractivity contribution in [1.82, 2.24) is 20.2 Å². The van der Waals surface area contributed by atoms with Gasteiger partial charge in [-0.1, -0.05) is 10.3 Å². The van der Waals surface area contributed by atoms with Gasteiger partial charge in [-0.05, 0) is 50.9 Å². The van der Waals surface area contributed by atoms with E-state index < -0.39 is 0 Å². The van der Waals surface area contributed by atoms with Gasteiger partial charge >= 0.3 is 0 Å². The standard InChI is InChI=1S/C20H23FN4O3/c21-15-1-2-16-17(11-15)27-24-19(16)13-3-7-25(8-4-13)12-18-22-20(28-23-18)14-5-9-26-10-6-14/h1-2,11,13-14H,3-10,12H2. The maximum atomic E-state index is 13.3. The normalized spacial score (nSPS) is 20.2. The number of fused-ring (bicyclic) bond motifs is 1. The van der Waals surface area contributed by atoms with Crippen LogP contribution >= 0.6 is 0 Å². The van der Waals surface area contributed by atoms with E-state index in [1.165, 1.54) is 12.1 Å². The van der Waals surface area contributed by atoms with Crippen LogP contribution in [-0.2, 0) is 11.3 Å². The predicted molar refractivity (Wildman–Crippen MR) is 98.3 cm³/mol. The summed E-state index contributed by atoms with van der Waals surface area (Å²) in [5.41, 5.74) is 1.46. The maximum Gasteiger partial charge on any atom is 0.229 e. The number of piperidine rings is 1. The smallest absolute Gasteiger partial charge is 0.229 e. The Morgan fingerprint density at radius 3 is 2.64 bits per heavy atom. The molecule has 0 atom stereocenters. The first kappa shape index (κ1) is 17.8. The van der Waals surface area contributed by atoms with Gasteiger partial charge in [0.2, 0.25) is 5.89 Å². The van der Waals surface area contributed by atoms with E-state index in [1.807, 2.05) is 0 Å². The minimum absolute atomic E-state index is 0.301. The SMILES string of the molecule is Fc1ccc2c(C3CCN(Cc4noc(C5CCOCC5)n4)CC3)noc2c1. The summed E-state index contributed by atoms with van der Waals surface area (Å²) < 4.78 is 29.5. The van der Waals surface area contributed by atoms with Crippen LogP contribution in [0.25, 0.3) is 11.0 Å². The lowest BCUT2D eigenvalue weighted by atomic mass is 9.91. The zero-order valence-electron chi connectivity index (χ0n) is 15.6. The highest BCUT2D eigenvalue weighted by Crippen LogP contribution is 2.33. The number of aromatic nitrogens is 3. The molecule has 2 fully saturated rings. The topological polar surface area (TPSA) is 77.4 Å². The van der Waals surface area contributed by atoms with Crippen molar-refractivity contribution in [2.24, 2.45) is 0 Å². The zero-order valence-corrected chi connectivity index (χ0v) is 15.6. The second-order valence-corrected chi connectivity index (χ2v) is 7.69. The van der Waals surface area contributed by atoms with Crippen molar-refractivity contribution >= 4 is 11.0 Å². The molecule has 0 aliphatic carbocycles. The summed E-state index contributed by atoms with van der Waals surface area (Å²) >= 11 is 0. The second-order valence-electron chi connectivity index (χ2n) is 7.69. The Labute approximate surface area is 161 Å². The van der Waals surface area contributed by atoms with Gasteiger partial charge in [0.05, 0.1) is 12.2 Å². The quantitative estimate of drug-likeness (QED) is 0.678. The lowest BCUT2D eigenvalue weighted by molar-refractivity contribution is 0.0778. The fourth-order valence-electron chi connectivity index (χ4n) is 4.23. The van der Waals surface area contributed by atoms with Gasteiger partial charge in [0.25, 0.3) is 0 Å². The van der Waals surface area contributed by atoms with Gasteiger partial charge in [-0.2, -0.15) is 4.98 Å². The van der Waals surface area contributed by atoms with E-state index in [2.05, 4.69) is 20.2 Å². The molecule has 1 aromatic carbocycles. The predicted octanol–water partition coefficient (Wildman–Crippen LogP) is 3.62. The first-order valence-corrected chi connectivity index (χ1v) is 9.93. The number of benzene rings is 1. The Bertz CT molecular complexity index is 942. The molecule has 2 aromatic heterocycles. The molecule has 0 spiro atoms. The molecule has 0 N–H and O–H groups in total. The van der Waals surface area contributed by atoms with Crippen molar-refractivity contribution < 1.29 is 18.2 Å². The van der Waals surface area contributed by atoms with E-state index in [0.717, 1.165) is 74.8 Å². The van der Waals surface area contributed by atoms with E-state index in [9.17, 15) is 4.39 Å². The Kier molecular flexibility index (Phi) is 4.82. The highest BCUT2D eigenvalue weighted by atomic mass is 19.1. The van der Waals surface area contributed by atoms with Crippen LogP contribution in [0.5, 0.6) is 0 Å². The van der Waals surface area contributed by atoms with Gasteiger partial charge in [0.15, 0.2) is 11.4 Å². The highest BCUT2D eigenvalue weighted by molar-refractivity contribution is 5.79. The Morgan fingerprint density at radius 1 is 1.00 bits per heavy atom. The molecular formula is C20H23FN4O3. The van der Waals surface area contributed by atoms with E-state index in [0.29, 0.717) is 24.0 Å². The van der Waals surface area contributed by atoms with Crippen LogP contribution in [0.15, 0.2) is 27.2 Å². The minimum Gasteiger partial charge on any atom is -0.381 e. The summed E-state index contributed by atoms with van der Waals surface area (Å²) in [5, 5.41) is 9.30. The fourth-order valence-corrected chi connectivity index (χ4v) is 4.23. The molecule has 148 valence electrons. The molecule has 4 heterocycles. The van der Waals surface area contributed by atoms with Crippen molar-refractivity contribution in [1.29, 1.82) is 0 Å². The molecule has 0 bridgehead atoms. The van der Waals surface area contributed by atoms with Crippen LogP contribution in [0.3, 0.4) is 0 Å². The van der Waals surface area contributed by atoms with Gasteiger partial charge in [-0.25, -0.2) is 4.39 Å². The van der Waals surface area contributed by atoms with E-state index in [4.69, 9.17) is 13.8 Å². The third-order valence-electron chi connectivity index (χ3n) is 5.86. The summed E-state index contributed by atoms with van der Waals surface area (Å²) in [5.74, 6) is 1.85. The summed E-state index contributed by atoms with van der Waals surface area (Å²) in [6.45, 7) is 4.09. The van der Waals surface area contributed by atoms with Gasteiger partial charge < -0.3 is 13.8 Å². The first-order chi connectivity index (χ1) is 13.8. The first-order valence-electron chi connectivity index (χ1n) is 9.93. The molecule has 5 rings (SSSR count). The fraction of sp³-hybridized carbons (Fsp3) is 0.550. The highest BCUT2D eigenvalue weighted by Gasteiger charge is 2.27. The van der Waals surface area contributed by atoms with Gasteiger partial charge in [-0.15, -0.1) is 0 Å². The molecule has 8 heteroatoms. The summed E-state index contributed by atoms with van der Waals surface area (Å²) in [6.07, 6.45) is 3.85. The van der Waals surface area contributed by atoms with Crippen LogP contribution in [0.2, 0.25) is 0 Å². The Hall–Kier alpha value is -2.32. The molecule has 0 unspecified atom stereocenters. The monoisotopic (exact) mass is 386 g/mol. The molecule has 0 radical (unpaired) electrons. The summed E-state index contributed by atoms with van der Waals surface area (Å²) in [6, 6.07) is 4.62. The largest absolute Gasteiger partial charge is 0.381 e. The van der Waals surface area contributed by atoms with Crippen molar-refractivity contribution in [3.8, 4) is 0 Å². The number of rotatable bonds is 4. The molecule has 3 aromatic rings. The number of likely N-dealkylation sites (tertiary alicyclic amines) is 1. The molecule has 2 aliphatic heterocycles. The number of halogens is 1. The van der Waals surface area contributed by atoms with Crippen LogP contribution < -0.4 is 0 Å². The van der Waals surface area contributed by atoms with Crippen LogP contribution in [0.4, 0.5) is 4.39 Å². The number of nitrogens with zero attached hydrogens (tertiary/aromatic N) is 4. The van der Waals surface area contributed by atoms with Crippen molar-refractivity contribution in [3.63, 3.8) is 0 Å². The molecule has 2 saturated heterocycles. The van der Waals surface area contributed by atoms with Crippen LogP contribution in [-0.4, -0.2) is 46.5 Å². The van der Waals surface area contributed by atoms with E-state index >= 15 is 0 Å². The lowest BCUT2D eigenvalue weighted by Gasteiger charge is -2.30. The number of hydrogen-bond acceptors (Lipinski definition) is 7. The number of ether oxygens (including phenoxy) is 1. The zero-order chi connectivity index (χ0) is 18.9. The third-order valence-corrected chi connectivity index (χ3v) is 5.86. The van der Waals surface area contributed by atoms with Crippen LogP contribution in [0, 0.1) is 5.82 Å². The summed E-state index contributed by atoms with van der Waals surface area (Å²) in [4.78, 5) is 6.95. The van der Waals surface area contributed by atoms with E-state index in [1.54, 1.807) is 6.07 Å². The maximum absolute atomic E-state index is 13.3. The number of hydrogen-bond donors (Lipinski definition) is 0. The van der Waals surface area contributed by atoms with Crippen molar-refractivity contribution in [2.45, 2.75) is 44.1 Å². The average Bonchev–Trinajstić information content (AvgIpc) is 3.36. The van der Waals surface area contributed by atoms with Crippen molar-refractivity contribution in [2.75, 3.05) is 26.3 Å². The molecule has 0 amide bonds. The Morgan fingerprint density at radius 2 is 1.82 bits per heavy atom. The molecule has 0 saturated carbocycles. The average molecular weight is 386 g/mol. The van der Waals surface area contributed by atoms with Gasteiger partial charge in [0, 0.05) is 36.5 Å². The minimum atomic E-state index is -0.301. The molecule has 28 heavy (non-hydrogen) atoms. The van der Waals surface area contributed by atoms with Crippen LogP contribution in [0.1, 0.15) is 54.9 Å². The van der Waals surface area contributed by atoms with E-state index in [-0.39, 0.29) is 5.82 Å². The summed E-state index contributed by atoms with van der Waals surface area (Å²) in [7, 11) is 0. The van der Waals surface area contributed by atoms with Gasteiger partial charge in [0.1, 0.15) is 5.82 Å². The Balaban J connectivity index is 1.20. The van der Waals surface area contributed by atoms with Crippen molar-refractivity contribution in [3.05, 3.63) is 41.4 Å².